The Morgan fingerprint density at radius 3 is 1.12 bits per heavy atom. The fourth-order valence-corrected chi connectivity index (χ4v) is 9.75. The van der Waals surface area contributed by atoms with Crippen molar-refractivity contribution in [2.24, 2.45) is 0 Å². The number of aldehydes is 13. The number of halogens is 19. The number of nitrogens with zero attached hydrogens (tertiary/aromatic N) is 1. The molecule has 0 aliphatic rings. The molecule has 0 bridgehead atoms. The van der Waals surface area contributed by atoms with E-state index in [0.29, 0.717) is 113 Å². The maximum Gasteiger partial charge on any atom is 0.417 e. The number of carbonyl (C=O) groups excluding carboxylic acids is 13. The van der Waals surface area contributed by atoms with Crippen molar-refractivity contribution in [3.63, 3.8) is 0 Å². The maximum absolute atomic E-state index is 12.6. The average molecular weight is 2010 g/mol. The molecular formula is C103H80ClF18NO19. The van der Waals surface area contributed by atoms with E-state index in [1.807, 2.05) is 62.4 Å². The molecule has 13 aromatic rings. The number of hydrogen-bond donors (Lipinski definition) is 0. The molecular weight excluding hydrogens is 1930 g/mol. The van der Waals surface area contributed by atoms with Gasteiger partial charge in [-0.3, -0.25) is 72.4 Å². The van der Waals surface area contributed by atoms with Crippen LogP contribution in [0.25, 0.3) is 0 Å². The Morgan fingerprint density at radius 2 is 0.711 bits per heavy atom. The Labute approximate surface area is 803 Å². The second-order valence-electron chi connectivity index (χ2n) is 26.9. The van der Waals surface area contributed by atoms with Crippen molar-refractivity contribution in [3.05, 3.63) is 453 Å². The molecule has 0 spiro atoms. The number of benzene rings is 13. The van der Waals surface area contributed by atoms with Gasteiger partial charge in [0.2, 0.25) is 0 Å². The number of ether oxygens (including phenoxy) is 4. The quantitative estimate of drug-likeness (QED) is 0.0171. The summed E-state index contributed by atoms with van der Waals surface area (Å²) in [7, 11) is 4.49. The molecule has 744 valence electrons. The van der Waals surface area contributed by atoms with Crippen molar-refractivity contribution in [2.75, 3.05) is 27.9 Å². The molecule has 0 radical (unpaired) electrons. The summed E-state index contributed by atoms with van der Waals surface area (Å²) in [4.78, 5) is 142. The van der Waals surface area contributed by atoms with Gasteiger partial charge in [0, 0.05) is 61.7 Å². The minimum atomic E-state index is -4.70. The first-order chi connectivity index (χ1) is 67.3. The summed E-state index contributed by atoms with van der Waals surface area (Å²) in [5.41, 5.74) is 1.70. The normalized spacial score (nSPS) is 9.78. The molecule has 0 aromatic heterocycles. The van der Waals surface area contributed by atoms with Gasteiger partial charge in [-0.25, -0.2) is 39.5 Å². The molecule has 0 N–H and O–H groups in total. The van der Waals surface area contributed by atoms with E-state index in [4.69, 9.17) is 30.5 Å². The van der Waals surface area contributed by atoms with Crippen molar-refractivity contribution in [2.45, 2.75) is 39.3 Å². The highest BCUT2D eigenvalue weighted by Crippen LogP contribution is 2.34. The topological polar surface area (TPSA) is 302 Å². The molecule has 39 heteroatoms. The lowest BCUT2D eigenvalue weighted by Gasteiger charge is -2.08. The van der Waals surface area contributed by atoms with Gasteiger partial charge in [0.1, 0.15) is 109 Å². The van der Waals surface area contributed by atoms with Crippen LogP contribution in [0.4, 0.5) is 84.7 Å². The molecule has 0 fully saturated rings. The van der Waals surface area contributed by atoms with Crippen molar-refractivity contribution >= 4 is 99.0 Å². The number of alkyl halides is 9. The third kappa shape index (κ3) is 46.2. The molecule has 0 saturated carbocycles. The number of carbonyl (C=O) groups is 13. The molecule has 20 nitrogen and oxygen atoms in total. The summed E-state index contributed by atoms with van der Waals surface area (Å²) < 4.78 is 240. The van der Waals surface area contributed by atoms with Gasteiger partial charge in [-0.05, 0) is 172 Å². The SMILES string of the molecule is C=CCOc1ccc(C=O)cc1.COc1ccc(F)c(C=O)c1.COc1cccc(OC)c1C=O.Cc1ccc(C=O)cc1.Cc1ccc(C=O)cc1.Cc1ccc(C=O)cc1[N+](=O)[O-].O=Cc1c(F)ccc(F)c1F.O=Cc1c(F)cccc1C(F)(F)F.O=Cc1ccc(Cl)c(F)c1.O=Cc1ccc(F)c(F)c1.O=Cc1ccc(F)cc1.O=Cc1cccc(C(F)(F)F)c1.O=Cc1ccccc1C(F)(F)F. The third-order valence-corrected chi connectivity index (χ3v) is 17.2. The summed E-state index contributed by atoms with van der Waals surface area (Å²) in [6, 6.07) is 60.3. The van der Waals surface area contributed by atoms with Gasteiger partial charge >= 0.3 is 18.5 Å². The van der Waals surface area contributed by atoms with Gasteiger partial charge in [-0.15, -0.1) is 0 Å². The van der Waals surface area contributed by atoms with Crippen LogP contribution in [0.5, 0.6) is 23.0 Å². The maximum atomic E-state index is 12.6. The largest absolute Gasteiger partial charge is 0.497 e. The number of methoxy groups -OCH3 is 3. The van der Waals surface area contributed by atoms with E-state index in [9.17, 15) is 151 Å². The number of nitro groups is 1. The number of aryl methyl sites for hydroxylation is 3. The van der Waals surface area contributed by atoms with Crippen molar-refractivity contribution < 1.29 is 165 Å². The van der Waals surface area contributed by atoms with E-state index in [1.54, 1.807) is 67.6 Å². The standard InChI is InChI=1S/C10H10O2.C9H10O3.C8H4F4O.2C8H5F3O.C8H7FO2.C8H7NO3.2C8H8O.C7H4ClFO.C7H3F3O.C7H4F2O.C7H5FO/c1-2-7-12-10-5-3-9(8-11)4-6-10;1-11-8-4-3-5-9(12-2)7(8)6-10;9-7-3-1-2-6(5(7)4-13)8(10,11)12;9-8(10,11)7-3-1-2-6(4-7)5-12;9-8(10,11)7-4-2-1-3-6(7)5-12;1-11-7-2-3-8(9)6(4-7)5-10;1-6-2-3-7(5-10)4-8(6)9(11)12;2*1-7-2-4-8(6-9)5-3-7;8-6-2-1-5(4-10)3-7(6)9;8-5-1-2-6(9)7(10)4(5)3-11;8-6-2-1-5(4-10)3-7(6)9;8-7-3-1-6(5-9)2-4-7/h2-6,8H,1,7H2;3-6H,1-2H3;1-4H;2*1-5H;2-5H,1H3;2-5H,1H3;2*2-6H,1H3;1-4H;1-3H;1-4H;1-5H. The molecule has 0 unspecified atom stereocenters. The van der Waals surface area contributed by atoms with Gasteiger partial charge < -0.3 is 18.9 Å². The average Bonchev–Trinajstić information content (AvgIpc) is 0.833. The van der Waals surface area contributed by atoms with E-state index in [0.717, 1.165) is 96.6 Å². The van der Waals surface area contributed by atoms with Crippen molar-refractivity contribution in [3.8, 4) is 23.0 Å². The minimum absolute atomic E-state index is 0.0143. The lowest BCUT2D eigenvalue weighted by atomic mass is 10.1. The molecule has 142 heavy (non-hydrogen) atoms. The van der Waals surface area contributed by atoms with E-state index >= 15 is 0 Å². The van der Waals surface area contributed by atoms with Crippen LogP contribution < -0.4 is 18.9 Å². The first-order valence-corrected chi connectivity index (χ1v) is 39.8. The summed E-state index contributed by atoms with van der Waals surface area (Å²) >= 11 is 5.35. The van der Waals surface area contributed by atoms with Crippen molar-refractivity contribution in [1.82, 2.24) is 0 Å². The minimum Gasteiger partial charge on any atom is -0.497 e. The van der Waals surface area contributed by atoms with E-state index in [-0.39, 0.29) is 57.6 Å². The molecule has 0 aliphatic heterocycles. The van der Waals surface area contributed by atoms with Crippen LogP contribution >= 0.6 is 11.6 Å². The summed E-state index contributed by atoms with van der Waals surface area (Å²) in [5, 5.41) is 10.4. The van der Waals surface area contributed by atoms with E-state index in [1.165, 1.54) is 123 Å². The summed E-state index contributed by atoms with van der Waals surface area (Å²) in [5.74, 6) is -5.94. The van der Waals surface area contributed by atoms with Crippen molar-refractivity contribution in [1.29, 1.82) is 0 Å². The van der Waals surface area contributed by atoms with Crippen LogP contribution in [-0.4, -0.2) is 115 Å². The molecule has 0 aliphatic carbocycles. The molecule has 0 saturated heterocycles. The zero-order chi connectivity index (χ0) is 107. The van der Waals surface area contributed by atoms with Crippen LogP contribution in [0.3, 0.4) is 0 Å². The van der Waals surface area contributed by atoms with Crippen LogP contribution in [-0.2, 0) is 18.5 Å². The predicted molar refractivity (Wildman–Crippen MR) is 490 cm³/mol. The van der Waals surface area contributed by atoms with Crippen LogP contribution in [0.15, 0.2) is 280 Å². The highest BCUT2D eigenvalue weighted by Gasteiger charge is 2.35. The lowest BCUT2D eigenvalue weighted by Crippen LogP contribution is -2.10. The Morgan fingerprint density at radius 1 is 0.324 bits per heavy atom. The third-order valence-electron chi connectivity index (χ3n) is 16.9. The first kappa shape index (κ1) is 123. The first-order valence-electron chi connectivity index (χ1n) is 39.4. The fourth-order valence-electron chi connectivity index (χ4n) is 9.63. The molecule has 13 aromatic carbocycles. The Hall–Kier alpha value is -17.1. The number of hydrogen-bond acceptors (Lipinski definition) is 19. The lowest BCUT2D eigenvalue weighted by molar-refractivity contribution is -0.385. The Kier molecular flexibility index (Phi) is 56.8. The van der Waals surface area contributed by atoms with Crippen LogP contribution in [0, 0.1) is 83.2 Å². The molecule has 13 rings (SSSR count). The second kappa shape index (κ2) is 65.6. The van der Waals surface area contributed by atoms with Gasteiger partial charge in [0.05, 0.1) is 70.2 Å². The van der Waals surface area contributed by atoms with Gasteiger partial charge in [0.15, 0.2) is 54.7 Å². The monoisotopic (exact) mass is 2010 g/mol. The Balaban J connectivity index is 0.000000770. The molecule has 0 atom stereocenters. The van der Waals surface area contributed by atoms with Gasteiger partial charge in [-0.1, -0.05) is 145 Å². The van der Waals surface area contributed by atoms with E-state index < -0.39 is 97.8 Å². The fraction of sp³-hybridized carbons (Fsp3) is 0.0971. The highest BCUT2D eigenvalue weighted by atomic mass is 35.5. The van der Waals surface area contributed by atoms with E-state index in [2.05, 4.69) is 6.58 Å². The molecule has 0 heterocycles. The van der Waals surface area contributed by atoms with Crippen LogP contribution in [0.1, 0.15) is 168 Å². The zero-order valence-corrected chi connectivity index (χ0v) is 75.5. The van der Waals surface area contributed by atoms with Crippen LogP contribution in [0.2, 0.25) is 5.02 Å². The predicted octanol–water partition coefficient (Wildman–Crippen LogP) is 25.9. The zero-order valence-electron chi connectivity index (χ0n) is 74.8. The molecule has 0 amide bonds. The highest BCUT2D eigenvalue weighted by molar-refractivity contribution is 6.30. The Bertz CT molecular complexity index is 6090. The smallest absolute Gasteiger partial charge is 0.417 e. The summed E-state index contributed by atoms with van der Waals surface area (Å²) in [6.07, 6.45) is -5.49. The second-order valence-corrected chi connectivity index (χ2v) is 27.3. The van der Waals surface area contributed by atoms with Gasteiger partial charge in [0.25, 0.3) is 5.69 Å². The number of nitro benzene ring substituents is 1. The summed E-state index contributed by atoms with van der Waals surface area (Å²) in [6.45, 7) is 9.64. The number of rotatable bonds is 20. The van der Waals surface area contributed by atoms with Gasteiger partial charge in [-0.2, -0.15) is 39.5 Å².